The first-order valence-corrected chi connectivity index (χ1v) is 6.55. The smallest absolute Gasteiger partial charge is 0.123 e. The monoisotopic (exact) mass is 226 g/mol. The summed E-state index contributed by atoms with van der Waals surface area (Å²) in [6, 6.07) is 2.67. The molecule has 1 unspecified atom stereocenters. The van der Waals surface area contributed by atoms with Crippen LogP contribution in [0.15, 0.2) is 12.3 Å². The van der Waals surface area contributed by atoms with Crippen molar-refractivity contribution >= 4 is 17.6 Å². The maximum atomic E-state index is 4.12. The van der Waals surface area contributed by atoms with Gasteiger partial charge in [0.2, 0.25) is 0 Å². The van der Waals surface area contributed by atoms with Crippen LogP contribution in [-0.2, 0) is 7.05 Å². The summed E-state index contributed by atoms with van der Waals surface area (Å²) in [4.78, 5) is 0. The van der Waals surface area contributed by atoms with Crippen molar-refractivity contribution in [3.8, 4) is 0 Å². The van der Waals surface area contributed by atoms with E-state index < -0.39 is 0 Å². The molecule has 0 aromatic carbocycles. The number of thioether (sulfide) groups is 1. The predicted octanol–water partition coefficient (Wildman–Crippen LogP) is 0.927. The highest BCUT2D eigenvalue weighted by Gasteiger charge is 2.11. The second kappa shape index (κ2) is 5.42. The van der Waals surface area contributed by atoms with E-state index in [2.05, 4.69) is 15.7 Å². The Bertz CT molecular complexity index is 293. The van der Waals surface area contributed by atoms with Crippen molar-refractivity contribution in [3.63, 3.8) is 0 Å². The fourth-order valence-electron chi connectivity index (χ4n) is 1.73. The highest BCUT2D eigenvalue weighted by atomic mass is 32.2. The summed E-state index contributed by atoms with van der Waals surface area (Å²) in [5.74, 6) is 3.59. The lowest BCUT2D eigenvalue weighted by Gasteiger charge is -2.23. The van der Waals surface area contributed by atoms with E-state index in [1.807, 2.05) is 35.8 Å². The molecule has 0 saturated carbocycles. The number of anilines is 1. The molecular formula is C10H18N4S. The first-order valence-electron chi connectivity index (χ1n) is 5.39. The molecular weight excluding hydrogens is 208 g/mol. The zero-order valence-corrected chi connectivity index (χ0v) is 9.89. The van der Waals surface area contributed by atoms with Crippen molar-refractivity contribution < 1.29 is 0 Å². The van der Waals surface area contributed by atoms with Crippen LogP contribution in [0.2, 0.25) is 0 Å². The van der Waals surface area contributed by atoms with Gasteiger partial charge in [0.25, 0.3) is 0 Å². The summed E-state index contributed by atoms with van der Waals surface area (Å²) in [6.07, 6.45) is 3.00. The van der Waals surface area contributed by atoms with Gasteiger partial charge in [0.05, 0.1) is 6.20 Å². The van der Waals surface area contributed by atoms with Gasteiger partial charge < -0.3 is 10.6 Å². The molecule has 0 amide bonds. The molecule has 1 aliphatic rings. The van der Waals surface area contributed by atoms with E-state index >= 15 is 0 Å². The van der Waals surface area contributed by atoms with Crippen molar-refractivity contribution in [3.05, 3.63) is 12.3 Å². The van der Waals surface area contributed by atoms with Gasteiger partial charge >= 0.3 is 0 Å². The molecule has 2 N–H and O–H groups in total. The molecule has 0 bridgehead atoms. The zero-order chi connectivity index (χ0) is 10.5. The maximum Gasteiger partial charge on any atom is 0.123 e. The molecule has 0 aliphatic carbocycles. The number of nitrogens with one attached hydrogen (secondary N) is 2. The van der Waals surface area contributed by atoms with Crippen LogP contribution in [0.4, 0.5) is 5.82 Å². The normalized spacial score (nSPS) is 21.5. The second-order valence-electron chi connectivity index (χ2n) is 3.78. The van der Waals surface area contributed by atoms with Crippen molar-refractivity contribution in [1.29, 1.82) is 0 Å². The molecule has 0 spiro atoms. The average molecular weight is 226 g/mol. The summed E-state index contributed by atoms with van der Waals surface area (Å²) in [6.45, 7) is 2.17. The van der Waals surface area contributed by atoms with E-state index in [-0.39, 0.29) is 0 Å². The molecule has 2 rings (SSSR count). The highest BCUT2D eigenvalue weighted by Crippen LogP contribution is 2.10. The third-order valence-corrected chi connectivity index (χ3v) is 3.75. The first kappa shape index (κ1) is 10.8. The van der Waals surface area contributed by atoms with Gasteiger partial charge in [0.1, 0.15) is 5.82 Å². The van der Waals surface area contributed by atoms with Gasteiger partial charge in [-0.1, -0.05) is 0 Å². The Kier molecular flexibility index (Phi) is 3.91. The largest absolute Gasteiger partial charge is 0.370 e. The Labute approximate surface area is 94.8 Å². The van der Waals surface area contributed by atoms with Crippen LogP contribution in [0, 0.1) is 0 Å². The Morgan fingerprint density at radius 2 is 2.67 bits per heavy atom. The van der Waals surface area contributed by atoms with Crippen LogP contribution in [0.1, 0.15) is 6.42 Å². The minimum absolute atomic E-state index is 0.671. The van der Waals surface area contributed by atoms with Crippen molar-refractivity contribution in [2.75, 3.05) is 29.9 Å². The topological polar surface area (TPSA) is 41.9 Å². The maximum absolute atomic E-state index is 4.12. The molecule has 4 nitrogen and oxygen atoms in total. The Morgan fingerprint density at radius 1 is 1.73 bits per heavy atom. The van der Waals surface area contributed by atoms with Crippen molar-refractivity contribution in [2.24, 2.45) is 7.05 Å². The van der Waals surface area contributed by atoms with Gasteiger partial charge in [-0.3, -0.25) is 4.68 Å². The van der Waals surface area contributed by atoms with E-state index in [1.165, 1.54) is 17.9 Å². The predicted molar refractivity (Wildman–Crippen MR) is 65.4 cm³/mol. The van der Waals surface area contributed by atoms with Gasteiger partial charge in [-0.05, 0) is 6.42 Å². The quantitative estimate of drug-likeness (QED) is 0.801. The van der Waals surface area contributed by atoms with Crippen LogP contribution in [-0.4, -0.2) is 40.4 Å². The number of aryl methyl sites for hydroxylation is 1. The number of aromatic nitrogens is 2. The summed E-state index contributed by atoms with van der Waals surface area (Å²) in [5.41, 5.74) is 0. The van der Waals surface area contributed by atoms with Crippen LogP contribution >= 0.6 is 11.8 Å². The van der Waals surface area contributed by atoms with Crippen LogP contribution < -0.4 is 10.6 Å². The first-order chi connectivity index (χ1) is 7.36. The summed E-state index contributed by atoms with van der Waals surface area (Å²) >= 11 is 2.05. The van der Waals surface area contributed by atoms with Gasteiger partial charge in [-0.25, -0.2) is 0 Å². The van der Waals surface area contributed by atoms with Crippen LogP contribution in [0.25, 0.3) is 0 Å². The number of nitrogens with zero attached hydrogens (tertiary/aromatic N) is 2. The fraction of sp³-hybridized carbons (Fsp3) is 0.700. The summed E-state index contributed by atoms with van der Waals surface area (Å²) in [5, 5.41) is 11.0. The number of hydrogen-bond acceptors (Lipinski definition) is 4. The molecule has 1 aromatic heterocycles. The molecule has 0 radical (unpaired) electrons. The molecule has 1 atom stereocenters. The number of rotatable bonds is 4. The molecule has 1 aliphatic heterocycles. The summed E-state index contributed by atoms with van der Waals surface area (Å²) in [7, 11) is 1.96. The lowest BCUT2D eigenvalue weighted by Crippen LogP contribution is -2.38. The van der Waals surface area contributed by atoms with Crippen molar-refractivity contribution in [2.45, 2.75) is 12.5 Å². The Hall–Kier alpha value is -0.680. The Morgan fingerprint density at radius 3 is 3.33 bits per heavy atom. The van der Waals surface area contributed by atoms with Crippen LogP contribution in [0.5, 0.6) is 0 Å². The van der Waals surface area contributed by atoms with Gasteiger partial charge in [-0.15, -0.1) is 0 Å². The molecule has 1 saturated heterocycles. The minimum atomic E-state index is 0.671. The average Bonchev–Trinajstić information content (AvgIpc) is 2.66. The molecule has 15 heavy (non-hydrogen) atoms. The lowest BCUT2D eigenvalue weighted by molar-refractivity contribution is 0.540. The van der Waals surface area contributed by atoms with E-state index in [1.54, 1.807) is 0 Å². The molecule has 5 heteroatoms. The fourth-order valence-corrected chi connectivity index (χ4v) is 2.72. The third-order valence-electron chi connectivity index (χ3n) is 2.62. The van der Waals surface area contributed by atoms with E-state index in [0.29, 0.717) is 6.04 Å². The third kappa shape index (κ3) is 3.14. The zero-order valence-electron chi connectivity index (χ0n) is 9.07. The standard InChI is InChI=1S/C10H18N4S/c1-14-10(3-5-13-14)12-4-2-9-8-15-7-6-11-9/h3,5,9,11-12H,2,4,6-8H2,1H3. The highest BCUT2D eigenvalue weighted by molar-refractivity contribution is 7.99. The second-order valence-corrected chi connectivity index (χ2v) is 4.93. The molecule has 84 valence electrons. The van der Waals surface area contributed by atoms with Crippen molar-refractivity contribution in [1.82, 2.24) is 15.1 Å². The van der Waals surface area contributed by atoms with Gasteiger partial charge in [-0.2, -0.15) is 16.9 Å². The van der Waals surface area contributed by atoms with Crippen LogP contribution in [0.3, 0.4) is 0 Å². The van der Waals surface area contributed by atoms with E-state index in [4.69, 9.17) is 0 Å². The lowest BCUT2D eigenvalue weighted by atomic mass is 10.2. The van der Waals surface area contributed by atoms with Gasteiger partial charge in [0.15, 0.2) is 0 Å². The van der Waals surface area contributed by atoms with Gasteiger partial charge in [0, 0.05) is 43.8 Å². The SMILES string of the molecule is Cn1nccc1NCCC1CSCCN1. The minimum Gasteiger partial charge on any atom is -0.370 e. The Balaban J connectivity index is 1.68. The molecule has 1 fully saturated rings. The van der Waals surface area contributed by atoms with E-state index in [9.17, 15) is 0 Å². The van der Waals surface area contributed by atoms with E-state index in [0.717, 1.165) is 18.9 Å². The number of hydrogen-bond donors (Lipinski definition) is 2. The summed E-state index contributed by atoms with van der Waals surface area (Å²) < 4.78 is 1.86. The molecule has 1 aromatic rings. The molecule has 2 heterocycles.